The third-order valence-electron chi connectivity index (χ3n) is 5.67. The normalized spacial score (nSPS) is 9.78. The van der Waals surface area contributed by atoms with Gasteiger partial charge in [0.1, 0.15) is 0 Å². The van der Waals surface area contributed by atoms with E-state index >= 15 is 0 Å². The first-order valence-corrected chi connectivity index (χ1v) is 12.7. The Morgan fingerprint density at radius 2 is 0.389 bits per heavy atom. The molecule has 27 nitrogen and oxygen atoms in total. The van der Waals surface area contributed by atoms with Crippen LogP contribution in [0.3, 0.4) is 0 Å². The molecule has 0 aliphatic rings. The van der Waals surface area contributed by atoms with Crippen molar-refractivity contribution >= 4 is 71.6 Å². The van der Waals surface area contributed by atoms with Crippen molar-refractivity contribution in [2.45, 2.75) is 0 Å². The summed E-state index contributed by atoms with van der Waals surface area (Å²) in [6, 6.07) is 1.47. The van der Waals surface area contributed by atoms with Gasteiger partial charge in [0.15, 0.2) is 34.2 Å². The summed E-state index contributed by atoms with van der Waals surface area (Å²) >= 11 is 0. The maximum atomic E-state index is 10.8. The number of carboxylic acids is 12. The highest BCUT2D eigenvalue weighted by atomic mass is 16.4. The Balaban J connectivity index is 0.000000405. The van der Waals surface area contributed by atoms with E-state index < -0.39 is 139 Å². The summed E-state index contributed by atoms with van der Waals surface area (Å²) in [6.07, 6.45) is 0. The van der Waals surface area contributed by atoms with E-state index in [4.69, 9.17) is 61.3 Å². The maximum Gasteiger partial charge on any atom is 0.357 e. The molecule has 0 bridgehead atoms. The Morgan fingerprint density at radius 3 is 0.537 bits per heavy atom. The summed E-state index contributed by atoms with van der Waals surface area (Å²) in [5.41, 5.74) is -11.6. The van der Waals surface area contributed by atoms with E-state index in [9.17, 15) is 57.5 Å². The van der Waals surface area contributed by atoms with Gasteiger partial charge in [0.2, 0.25) is 0 Å². The van der Waals surface area contributed by atoms with Crippen LogP contribution in [0.1, 0.15) is 125 Å². The van der Waals surface area contributed by atoms with Crippen molar-refractivity contribution in [1.29, 1.82) is 0 Å². The number of aromatic carboxylic acids is 12. The van der Waals surface area contributed by atoms with Crippen molar-refractivity contribution in [3.63, 3.8) is 0 Å². The third-order valence-corrected chi connectivity index (χ3v) is 5.67. The van der Waals surface area contributed by atoms with Crippen LogP contribution >= 0.6 is 0 Å². The van der Waals surface area contributed by atoms with Gasteiger partial charge in [-0.3, -0.25) is 0 Å². The SMILES string of the molecule is O=C(O)c1cc(C(=O)O)c(C(=O)O)cc1C(=O)O.O=C(O)c1cc(C(=O)O)c(C(=O)O)nc1C(=O)O.O=C(O)c1nc(C(=O)O)c(C(=O)O)nc1C(=O)O. The second-order valence-electron chi connectivity index (χ2n) is 9.00. The van der Waals surface area contributed by atoms with Crippen molar-refractivity contribution in [3.8, 4) is 0 Å². The fraction of sp³-hybridized carbons (Fsp3) is 0. The van der Waals surface area contributed by atoms with Crippen LogP contribution in [0.25, 0.3) is 0 Å². The van der Waals surface area contributed by atoms with Gasteiger partial charge in [-0.15, -0.1) is 0 Å². The fourth-order valence-corrected chi connectivity index (χ4v) is 3.50. The molecule has 0 saturated heterocycles. The first-order chi connectivity index (χ1) is 24.8. The Labute approximate surface area is 291 Å². The van der Waals surface area contributed by atoms with Crippen LogP contribution in [0.2, 0.25) is 0 Å². The van der Waals surface area contributed by atoms with Crippen LogP contribution in [-0.2, 0) is 0 Å². The van der Waals surface area contributed by atoms with Gasteiger partial charge in [0.05, 0.1) is 33.4 Å². The molecule has 27 heteroatoms. The van der Waals surface area contributed by atoms with Crippen molar-refractivity contribution in [1.82, 2.24) is 15.0 Å². The number of benzene rings is 1. The summed E-state index contributed by atoms with van der Waals surface area (Å²) < 4.78 is 0. The molecule has 0 amide bonds. The number of carboxylic acid groups (broad SMARTS) is 12. The second kappa shape index (κ2) is 17.1. The van der Waals surface area contributed by atoms with Crippen molar-refractivity contribution < 1.29 is 119 Å². The molecule has 0 aliphatic carbocycles. The molecule has 3 aromatic rings. The highest BCUT2D eigenvalue weighted by Crippen LogP contribution is 2.19. The predicted molar refractivity (Wildman–Crippen MR) is 156 cm³/mol. The second-order valence-corrected chi connectivity index (χ2v) is 9.00. The highest BCUT2D eigenvalue weighted by Gasteiger charge is 2.30. The lowest BCUT2D eigenvalue weighted by Crippen LogP contribution is -2.21. The van der Waals surface area contributed by atoms with Crippen LogP contribution in [0, 0.1) is 0 Å². The van der Waals surface area contributed by atoms with Gasteiger partial charge in [-0.05, 0) is 18.2 Å². The molecule has 0 atom stereocenters. The summed E-state index contributed by atoms with van der Waals surface area (Å²) in [7, 11) is 0. The Kier molecular flexibility index (Phi) is 13.7. The van der Waals surface area contributed by atoms with Crippen LogP contribution in [-0.4, -0.2) is 148 Å². The molecule has 0 radical (unpaired) electrons. The van der Waals surface area contributed by atoms with E-state index in [2.05, 4.69) is 15.0 Å². The van der Waals surface area contributed by atoms with E-state index in [1.807, 2.05) is 0 Å². The van der Waals surface area contributed by atoms with E-state index in [-0.39, 0.29) is 0 Å². The number of hydrogen-bond acceptors (Lipinski definition) is 15. The third kappa shape index (κ3) is 10.1. The molecule has 1 aromatic carbocycles. The number of aromatic nitrogens is 3. The van der Waals surface area contributed by atoms with E-state index in [0.29, 0.717) is 18.2 Å². The van der Waals surface area contributed by atoms with Crippen molar-refractivity contribution in [2.24, 2.45) is 0 Å². The van der Waals surface area contributed by atoms with E-state index in [0.717, 1.165) is 0 Å². The monoisotopic (exact) mass is 765 g/mol. The van der Waals surface area contributed by atoms with Crippen LogP contribution in [0.5, 0.6) is 0 Å². The minimum Gasteiger partial charge on any atom is -0.478 e. The summed E-state index contributed by atoms with van der Waals surface area (Å²) in [4.78, 5) is 138. The molecular weight excluding hydrogens is 750 g/mol. The number of carbonyl (C=O) groups is 12. The zero-order valence-electron chi connectivity index (χ0n) is 25.3. The standard InChI is InChI=1S/C10H6O8.C9H5NO8.C8H4N2O8/c11-7(12)3-1-4(8(13)14)6(10(17)18)2-5(3)9(15)16;11-6(12)2-1-3(7(13)14)5(9(17)18)10-4(2)8(15)16;11-5(12)1-2(6(13)14)10-4(8(17)18)3(9-1)7(15)16/h1-2H,(H,11,12)(H,13,14)(H,15,16)(H,17,18);1H,(H,11,12)(H,13,14)(H,15,16)(H,17,18);(H,11,12)(H,13,14)(H,15,16)(H,17,18). The number of rotatable bonds is 12. The molecule has 0 saturated carbocycles. The molecule has 0 aliphatic heterocycles. The van der Waals surface area contributed by atoms with Gasteiger partial charge in [-0.25, -0.2) is 72.5 Å². The molecule has 12 N–H and O–H groups in total. The molecule has 2 aromatic heterocycles. The van der Waals surface area contributed by atoms with Crippen LogP contribution < -0.4 is 0 Å². The Bertz CT molecular complexity index is 1680. The van der Waals surface area contributed by atoms with Gasteiger partial charge in [-0.2, -0.15) is 0 Å². The lowest BCUT2D eigenvalue weighted by Gasteiger charge is -2.06. The molecule has 0 spiro atoms. The van der Waals surface area contributed by atoms with Crippen molar-refractivity contribution in [2.75, 3.05) is 0 Å². The first kappa shape index (κ1) is 43.1. The average Bonchev–Trinajstić information content (AvgIpc) is 3.06. The van der Waals surface area contributed by atoms with Gasteiger partial charge < -0.3 is 61.3 Å². The predicted octanol–water partition coefficient (Wildman–Crippen LogP) is -0.377. The van der Waals surface area contributed by atoms with Gasteiger partial charge in [0, 0.05) is 0 Å². The lowest BCUT2D eigenvalue weighted by atomic mass is 9.98. The molecule has 0 unspecified atom stereocenters. The molecule has 2 heterocycles. The largest absolute Gasteiger partial charge is 0.478 e. The molecule has 3 rings (SSSR count). The maximum absolute atomic E-state index is 10.8. The molecular formula is C27H15N3O24. The van der Waals surface area contributed by atoms with Crippen LogP contribution in [0.15, 0.2) is 18.2 Å². The quantitative estimate of drug-likeness (QED) is 0.112. The fourth-order valence-electron chi connectivity index (χ4n) is 3.50. The topological polar surface area (TPSA) is 486 Å². The van der Waals surface area contributed by atoms with Crippen LogP contribution in [0.4, 0.5) is 0 Å². The number of nitrogens with zero attached hydrogens (tertiary/aromatic N) is 3. The van der Waals surface area contributed by atoms with Gasteiger partial charge >= 0.3 is 71.6 Å². The van der Waals surface area contributed by atoms with Crippen molar-refractivity contribution in [3.05, 3.63) is 85.7 Å². The lowest BCUT2D eigenvalue weighted by molar-refractivity contribution is 0.0615. The molecule has 282 valence electrons. The van der Waals surface area contributed by atoms with Gasteiger partial charge in [0.25, 0.3) is 0 Å². The summed E-state index contributed by atoms with van der Waals surface area (Å²) in [6.45, 7) is 0. The summed E-state index contributed by atoms with van der Waals surface area (Å²) in [5, 5.41) is 104. The molecule has 0 fully saturated rings. The number of pyridine rings is 1. The zero-order chi connectivity index (χ0) is 42.1. The molecule has 54 heavy (non-hydrogen) atoms. The van der Waals surface area contributed by atoms with Gasteiger partial charge in [-0.1, -0.05) is 0 Å². The zero-order valence-corrected chi connectivity index (χ0v) is 25.3. The number of hydrogen-bond donors (Lipinski definition) is 12. The average molecular weight is 765 g/mol. The minimum absolute atomic E-state index is 0.449. The van der Waals surface area contributed by atoms with E-state index in [1.54, 1.807) is 0 Å². The minimum atomic E-state index is -1.83. The first-order valence-electron chi connectivity index (χ1n) is 12.7. The smallest absolute Gasteiger partial charge is 0.357 e. The van der Waals surface area contributed by atoms with E-state index in [1.165, 1.54) is 0 Å². The highest BCUT2D eigenvalue weighted by molar-refractivity contribution is 6.09. The Morgan fingerprint density at radius 1 is 0.241 bits per heavy atom. The summed E-state index contributed by atoms with van der Waals surface area (Å²) in [5.74, 6) is -21.0. The Hall–Kier alpha value is -8.91.